The lowest BCUT2D eigenvalue weighted by Crippen LogP contribution is -2.44. The van der Waals surface area contributed by atoms with Gasteiger partial charge < -0.3 is 9.64 Å². The minimum absolute atomic E-state index is 0.126. The van der Waals surface area contributed by atoms with Gasteiger partial charge in [0.25, 0.3) is 0 Å². The predicted molar refractivity (Wildman–Crippen MR) is 79.3 cm³/mol. The van der Waals surface area contributed by atoms with Crippen molar-refractivity contribution < 1.29 is 9.53 Å². The zero-order chi connectivity index (χ0) is 13.9. The minimum Gasteiger partial charge on any atom is -0.450 e. The van der Waals surface area contributed by atoms with Gasteiger partial charge >= 0.3 is 6.09 Å². The third kappa shape index (κ3) is 2.58. The fraction of sp³-hybridized carbons (Fsp3) is 0.471. The Labute approximate surface area is 120 Å². The molecule has 3 heteroatoms. The maximum Gasteiger partial charge on any atom is 0.410 e. The van der Waals surface area contributed by atoms with Crippen LogP contribution in [0.1, 0.15) is 38.2 Å². The van der Waals surface area contributed by atoms with E-state index in [-0.39, 0.29) is 6.09 Å². The molecule has 2 aliphatic rings. The second-order valence-electron chi connectivity index (χ2n) is 5.61. The van der Waals surface area contributed by atoms with Crippen LogP contribution in [0.3, 0.4) is 0 Å². The molecule has 0 unspecified atom stereocenters. The van der Waals surface area contributed by atoms with Crippen LogP contribution >= 0.6 is 0 Å². The fourth-order valence-electron chi connectivity index (χ4n) is 3.45. The Kier molecular flexibility index (Phi) is 3.77. The van der Waals surface area contributed by atoms with Crippen molar-refractivity contribution in [2.75, 3.05) is 6.61 Å². The quantitative estimate of drug-likeness (QED) is 0.817. The van der Waals surface area contributed by atoms with Crippen molar-refractivity contribution in [1.82, 2.24) is 4.90 Å². The predicted octanol–water partition coefficient (Wildman–Crippen LogP) is 3.85. The first-order valence-electron chi connectivity index (χ1n) is 7.47. The first-order valence-corrected chi connectivity index (χ1v) is 7.47. The first-order chi connectivity index (χ1) is 9.78. The van der Waals surface area contributed by atoms with Crippen molar-refractivity contribution in [3.63, 3.8) is 0 Å². The second-order valence-corrected chi connectivity index (χ2v) is 5.61. The van der Waals surface area contributed by atoms with E-state index >= 15 is 0 Å². The number of ether oxygens (including phenoxy) is 1. The summed E-state index contributed by atoms with van der Waals surface area (Å²) < 4.78 is 5.18. The van der Waals surface area contributed by atoms with E-state index < -0.39 is 0 Å². The normalized spacial score (nSPS) is 26.9. The molecule has 0 radical (unpaired) electrons. The molecule has 2 bridgehead atoms. The molecule has 20 heavy (non-hydrogen) atoms. The van der Waals surface area contributed by atoms with E-state index in [1.807, 2.05) is 17.9 Å². The van der Waals surface area contributed by atoms with Crippen molar-refractivity contribution in [3.05, 3.63) is 41.5 Å². The summed E-state index contributed by atoms with van der Waals surface area (Å²) in [5.74, 6) is 0. The summed E-state index contributed by atoms with van der Waals surface area (Å²) in [6, 6.07) is 11.1. The van der Waals surface area contributed by atoms with Crippen LogP contribution in [0.5, 0.6) is 0 Å². The maximum absolute atomic E-state index is 12.0. The van der Waals surface area contributed by atoms with E-state index in [9.17, 15) is 4.79 Å². The van der Waals surface area contributed by atoms with Gasteiger partial charge in [0.05, 0.1) is 6.61 Å². The van der Waals surface area contributed by atoms with Crippen molar-refractivity contribution in [2.24, 2.45) is 0 Å². The molecule has 2 aliphatic heterocycles. The van der Waals surface area contributed by atoms with Crippen LogP contribution in [0.4, 0.5) is 4.79 Å². The number of hydrogen-bond acceptors (Lipinski definition) is 2. The molecule has 0 saturated carbocycles. The Balaban J connectivity index is 1.74. The van der Waals surface area contributed by atoms with Crippen LogP contribution in [-0.2, 0) is 4.74 Å². The van der Waals surface area contributed by atoms with Gasteiger partial charge in [0.1, 0.15) is 0 Å². The number of carbonyl (C=O) groups is 1. The molecule has 106 valence electrons. The highest BCUT2D eigenvalue weighted by molar-refractivity contribution is 5.70. The van der Waals surface area contributed by atoms with Gasteiger partial charge in [-0.3, -0.25) is 0 Å². The smallest absolute Gasteiger partial charge is 0.410 e. The monoisotopic (exact) mass is 271 g/mol. The topological polar surface area (TPSA) is 29.5 Å². The van der Waals surface area contributed by atoms with Crippen LogP contribution in [0.15, 0.2) is 35.9 Å². The summed E-state index contributed by atoms with van der Waals surface area (Å²) in [5, 5.41) is 0. The lowest BCUT2D eigenvalue weighted by atomic mass is 9.95. The number of hydrogen-bond donors (Lipinski definition) is 0. The molecule has 0 N–H and O–H groups in total. The Bertz CT molecular complexity index is 493. The van der Waals surface area contributed by atoms with Gasteiger partial charge in [0.15, 0.2) is 0 Å². The Morgan fingerprint density at radius 1 is 1.25 bits per heavy atom. The molecule has 1 aromatic rings. The Morgan fingerprint density at radius 2 is 1.90 bits per heavy atom. The fourth-order valence-corrected chi connectivity index (χ4v) is 3.45. The lowest BCUT2D eigenvalue weighted by Gasteiger charge is -2.35. The van der Waals surface area contributed by atoms with Crippen LogP contribution in [0.25, 0.3) is 6.08 Å². The number of rotatable bonds is 2. The molecule has 3 nitrogen and oxygen atoms in total. The minimum atomic E-state index is -0.126. The molecule has 0 aromatic heterocycles. The lowest BCUT2D eigenvalue weighted by molar-refractivity contribution is 0.0815. The first kappa shape index (κ1) is 13.2. The molecule has 2 atom stereocenters. The van der Waals surface area contributed by atoms with Crippen molar-refractivity contribution in [3.8, 4) is 0 Å². The highest BCUT2D eigenvalue weighted by atomic mass is 16.6. The molecule has 2 fully saturated rings. The molecule has 2 saturated heterocycles. The number of nitrogens with zero attached hydrogens (tertiary/aromatic N) is 1. The molecular weight excluding hydrogens is 250 g/mol. The van der Waals surface area contributed by atoms with Crippen molar-refractivity contribution in [1.29, 1.82) is 0 Å². The standard InChI is InChI=1S/C17H21NO2/c1-2-20-17(19)18-15-8-9-16(18)12-14(11-15)10-13-6-4-3-5-7-13/h3-7,10,15-16H,2,8-9,11-12H2,1H3/t15-,16+. The molecule has 2 heterocycles. The third-order valence-electron chi connectivity index (χ3n) is 4.26. The molecule has 0 aliphatic carbocycles. The van der Waals surface area contributed by atoms with Gasteiger partial charge in [-0.25, -0.2) is 4.79 Å². The third-order valence-corrected chi connectivity index (χ3v) is 4.26. The maximum atomic E-state index is 12.0. The molecule has 1 amide bonds. The molecule has 1 aromatic carbocycles. The zero-order valence-corrected chi connectivity index (χ0v) is 11.9. The number of benzene rings is 1. The van der Waals surface area contributed by atoms with Gasteiger partial charge in [-0.1, -0.05) is 42.0 Å². The average Bonchev–Trinajstić information content (AvgIpc) is 2.72. The van der Waals surface area contributed by atoms with Crippen LogP contribution in [-0.4, -0.2) is 29.7 Å². The summed E-state index contributed by atoms with van der Waals surface area (Å²) in [6.45, 7) is 2.33. The van der Waals surface area contributed by atoms with Crippen LogP contribution < -0.4 is 0 Å². The Morgan fingerprint density at radius 3 is 2.50 bits per heavy atom. The summed E-state index contributed by atoms with van der Waals surface area (Å²) in [7, 11) is 0. The Hall–Kier alpha value is -1.77. The van der Waals surface area contributed by atoms with E-state index in [0.717, 1.165) is 25.7 Å². The molecular formula is C17H21NO2. The van der Waals surface area contributed by atoms with E-state index in [4.69, 9.17) is 4.74 Å². The van der Waals surface area contributed by atoms with E-state index in [0.29, 0.717) is 18.7 Å². The van der Waals surface area contributed by atoms with Gasteiger partial charge in [0, 0.05) is 12.1 Å². The zero-order valence-electron chi connectivity index (χ0n) is 11.9. The average molecular weight is 271 g/mol. The number of carbonyl (C=O) groups excluding carboxylic acids is 1. The van der Waals surface area contributed by atoms with Crippen molar-refractivity contribution in [2.45, 2.75) is 44.7 Å². The molecule has 0 spiro atoms. The van der Waals surface area contributed by atoms with Gasteiger partial charge in [-0.2, -0.15) is 0 Å². The van der Waals surface area contributed by atoms with Crippen LogP contribution in [0, 0.1) is 0 Å². The van der Waals surface area contributed by atoms with E-state index in [1.165, 1.54) is 11.1 Å². The highest BCUT2D eigenvalue weighted by Gasteiger charge is 2.41. The molecule has 3 rings (SSSR count). The number of amides is 1. The summed E-state index contributed by atoms with van der Waals surface area (Å²) in [6.07, 6.45) is 6.35. The number of piperidine rings is 1. The summed E-state index contributed by atoms with van der Waals surface area (Å²) in [5.41, 5.74) is 2.72. The number of fused-ring (bicyclic) bond motifs is 2. The summed E-state index contributed by atoms with van der Waals surface area (Å²) >= 11 is 0. The SMILES string of the molecule is CCOC(=O)N1[C@@H]2CC[C@H]1CC(=Cc1ccccc1)C2. The van der Waals surface area contributed by atoms with E-state index in [1.54, 1.807) is 0 Å². The second kappa shape index (κ2) is 5.70. The van der Waals surface area contributed by atoms with Gasteiger partial charge in [0.2, 0.25) is 0 Å². The van der Waals surface area contributed by atoms with E-state index in [2.05, 4.69) is 30.3 Å². The van der Waals surface area contributed by atoms with Gasteiger partial charge in [-0.15, -0.1) is 0 Å². The summed E-state index contributed by atoms with van der Waals surface area (Å²) in [4.78, 5) is 14.0. The highest BCUT2D eigenvalue weighted by Crippen LogP contribution is 2.39. The van der Waals surface area contributed by atoms with Crippen LogP contribution in [0.2, 0.25) is 0 Å². The largest absolute Gasteiger partial charge is 0.450 e. The van der Waals surface area contributed by atoms with Gasteiger partial charge in [-0.05, 0) is 38.2 Å². The van der Waals surface area contributed by atoms with Crippen molar-refractivity contribution >= 4 is 12.2 Å².